The van der Waals surface area contributed by atoms with Crippen molar-refractivity contribution >= 4 is 17.9 Å². The number of likely N-dealkylation sites (tertiary alicyclic amines) is 1. The molecule has 2 aliphatic rings. The van der Waals surface area contributed by atoms with E-state index in [1.54, 1.807) is 4.90 Å². The van der Waals surface area contributed by atoms with Crippen molar-refractivity contribution in [3.63, 3.8) is 0 Å². The molecule has 1 spiro atoms. The second kappa shape index (κ2) is 10.2. The third kappa shape index (κ3) is 5.20. The van der Waals surface area contributed by atoms with E-state index in [1.165, 1.54) is 0 Å². The van der Waals surface area contributed by atoms with E-state index in [0.717, 1.165) is 18.4 Å². The molecule has 0 radical (unpaired) electrons. The van der Waals surface area contributed by atoms with Crippen molar-refractivity contribution in [1.82, 2.24) is 15.1 Å². The molecule has 170 valence electrons. The minimum atomic E-state index is -0.865. The highest BCUT2D eigenvalue weighted by atomic mass is 16.6. The van der Waals surface area contributed by atoms with Gasteiger partial charge in [0.25, 0.3) is 0 Å². The second-order valence-corrected chi connectivity index (χ2v) is 9.06. The molecular weight excluding hydrogens is 394 g/mol. The fourth-order valence-electron chi connectivity index (χ4n) is 4.51. The minimum absolute atomic E-state index is 0.0156. The van der Waals surface area contributed by atoms with Gasteiger partial charge in [-0.3, -0.25) is 9.59 Å². The van der Waals surface area contributed by atoms with Crippen molar-refractivity contribution in [1.29, 1.82) is 0 Å². The van der Waals surface area contributed by atoms with E-state index in [-0.39, 0.29) is 24.5 Å². The number of rotatable bonds is 7. The van der Waals surface area contributed by atoms with Crippen molar-refractivity contribution in [2.45, 2.75) is 71.1 Å². The predicted octanol–water partition coefficient (Wildman–Crippen LogP) is 3.33. The number of ether oxygens (including phenoxy) is 1. The summed E-state index contributed by atoms with van der Waals surface area (Å²) in [6.07, 6.45) is 2.94. The smallest absolute Gasteiger partial charge is 0.410 e. The number of carbonyl (C=O) groups is 3. The first-order valence-electron chi connectivity index (χ1n) is 11.5. The average molecular weight is 430 g/mol. The molecule has 3 amide bonds. The molecule has 0 bridgehead atoms. The summed E-state index contributed by atoms with van der Waals surface area (Å²) >= 11 is 0. The highest BCUT2D eigenvalue weighted by Gasteiger charge is 2.53. The summed E-state index contributed by atoms with van der Waals surface area (Å²) in [6.45, 7) is 7.78. The molecule has 2 saturated heterocycles. The van der Waals surface area contributed by atoms with Crippen LogP contribution in [0.4, 0.5) is 4.79 Å². The third-order valence-electron chi connectivity index (χ3n) is 6.31. The molecule has 3 rings (SSSR count). The van der Waals surface area contributed by atoms with Crippen LogP contribution < -0.4 is 5.32 Å². The van der Waals surface area contributed by atoms with Crippen molar-refractivity contribution in [3.8, 4) is 0 Å². The van der Waals surface area contributed by atoms with Gasteiger partial charge in [-0.05, 0) is 37.2 Å². The maximum atomic E-state index is 13.3. The summed E-state index contributed by atoms with van der Waals surface area (Å²) in [5, 5.41) is 2.99. The van der Waals surface area contributed by atoms with Gasteiger partial charge < -0.3 is 19.9 Å². The van der Waals surface area contributed by atoms with Crippen LogP contribution in [0.2, 0.25) is 0 Å². The lowest BCUT2D eigenvalue weighted by Crippen LogP contribution is -2.73. The van der Waals surface area contributed by atoms with E-state index in [2.05, 4.69) is 26.1 Å². The number of nitrogens with one attached hydrogen (secondary N) is 1. The van der Waals surface area contributed by atoms with E-state index >= 15 is 0 Å². The zero-order valence-corrected chi connectivity index (χ0v) is 18.9. The molecule has 31 heavy (non-hydrogen) atoms. The number of unbranched alkanes of at least 4 members (excludes halogenated alkanes) is 1. The number of amides is 3. The van der Waals surface area contributed by atoms with Gasteiger partial charge in [0.1, 0.15) is 18.2 Å². The summed E-state index contributed by atoms with van der Waals surface area (Å²) in [4.78, 5) is 42.5. The van der Waals surface area contributed by atoms with Crippen LogP contribution in [-0.2, 0) is 20.9 Å². The zero-order valence-electron chi connectivity index (χ0n) is 18.9. The Kier molecular flexibility index (Phi) is 7.57. The molecule has 1 atom stereocenters. The number of piperazine rings is 1. The van der Waals surface area contributed by atoms with Gasteiger partial charge >= 0.3 is 6.09 Å². The third-order valence-corrected chi connectivity index (χ3v) is 6.31. The van der Waals surface area contributed by atoms with E-state index in [9.17, 15) is 14.4 Å². The SMILES string of the molecule is CCCCN1C(=O)[C@H](CC(C)C)NC(=O)C12CCN(C(=O)OCc1ccccc1)CC2. The Bertz CT molecular complexity index is 772. The Balaban J connectivity index is 1.66. The molecule has 7 nitrogen and oxygen atoms in total. The molecule has 1 aromatic carbocycles. The minimum Gasteiger partial charge on any atom is -0.445 e. The highest BCUT2D eigenvalue weighted by molar-refractivity contribution is 6.00. The van der Waals surface area contributed by atoms with Crippen LogP contribution in [0.5, 0.6) is 0 Å². The molecule has 1 N–H and O–H groups in total. The Labute approximate surface area is 185 Å². The normalized spacial score (nSPS) is 20.8. The molecule has 0 saturated carbocycles. The number of hydrogen-bond donors (Lipinski definition) is 1. The molecule has 0 aromatic heterocycles. The largest absolute Gasteiger partial charge is 0.445 e. The van der Waals surface area contributed by atoms with Gasteiger partial charge in [0, 0.05) is 19.6 Å². The standard InChI is InChI=1S/C24H35N3O4/c1-4-5-13-27-21(28)20(16-18(2)3)25-22(29)24(27)11-14-26(15-12-24)23(30)31-17-19-9-7-6-8-10-19/h6-10,18,20H,4-5,11-17H2,1-3H3,(H,25,29)/t20-/m0/s1. The van der Waals surface area contributed by atoms with Crippen LogP contribution in [0.25, 0.3) is 0 Å². The summed E-state index contributed by atoms with van der Waals surface area (Å²) in [5.41, 5.74) is 0.0687. The van der Waals surface area contributed by atoms with E-state index in [0.29, 0.717) is 44.8 Å². The molecule has 0 aliphatic carbocycles. The van der Waals surface area contributed by atoms with Crippen LogP contribution in [0.15, 0.2) is 30.3 Å². The Hall–Kier alpha value is -2.57. The number of hydrogen-bond acceptors (Lipinski definition) is 4. The number of carbonyl (C=O) groups excluding carboxylic acids is 3. The highest BCUT2D eigenvalue weighted by Crippen LogP contribution is 2.34. The predicted molar refractivity (Wildman–Crippen MR) is 118 cm³/mol. The van der Waals surface area contributed by atoms with Gasteiger partial charge in [-0.25, -0.2) is 4.79 Å². The van der Waals surface area contributed by atoms with Crippen molar-refractivity contribution in [3.05, 3.63) is 35.9 Å². The van der Waals surface area contributed by atoms with Crippen LogP contribution >= 0.6 is 0 Å². The summed E-state index contributed by atoms with van der Waals surface area (Å²) in [5.74, 6) is 0.255. The van der Waals surface area contributed by atoms with Gasteiger partial charge in [0.15, 0.2) is 0 Å². The lowest BCUT2D eigenvalue weighted by molar-refractivity contribution is -0.161. The van der Waals surface area contributed by atoms with Crippen molar-refractivity contribution in [2.24, 2.45) is 5.92 Å². The van der Waals surface area contributed by atoms with Gasteiger partial charge in [0.2, 0.25) is 11.8 Å². The molecule has 1 aromatic rings. The fraction of sp³-hybridized carbons (Fsp3) is 0.625. The maximum Gasteiger partial charge on any atom is 0.410 e. The van der Waals surface area contributed by atoms with Gasteiger partial charge in [0.05, 0.1) is 0 Å². The summed E-state index contributed by atoms with van der Waals surface area (Å²) in [7, 11) is 0. The van der Waals surface area contributed by atoms with Crippen molar-refractivity contribution < 1.29 is 19.1 Å². The molecule has 2 fully saturated rings. The Morgan fingerprint density at radius 3 is 2.48 bits per heavy atom. The number of benzene rings is 1. The van der Waals surface area contributed by atoms with E-state index < -0.39 is 11.6 Å². The zero-order chi connectivity index (χ0) is 22.4. The quantitative estimate of drug-likeness (QED) is 0.721. The summed E-state index contributed by atoms with van der Waals surface area (Å²) < 4.78 is 5.45. The Morgan fingerprint density at radius 1 is 1.19 bits per heavy atom. The molecule has 2 heterocycles. The summed E-state index contributed by atoms with van der Waals surface area (Å²) in [6, 6.07) is 9.10. The molecule has 2 aliphatic heterocycles. The van der Waals surface area contributed by atoms with Crippen LogP contribution in [0.3, 0.4) is 0 Å². The van der Waals surface area contributed by atoms with Gasteiger partial charge in [-0.1, -0.05) is 57.5 Å². The fourth-order valence-corrected chi connectivity index (χ4v) is 4.51. The molecule has 7 heteroatoms. The van der Waals surface area contributed by atoms with Crippen LogP contribution in [0.1, 0.15) is 58.4 Å². The number of nitrogens with zero attached hydrogens (tertiary/aromatic N) is 2. The van der Waals surface area contributed by atoms with Crippen LogP contribution in [-0.4, -0.2) is 58.9 Å². The monoisotopic (exact) mass is 429 g/mol. The van der Waals surface area contributed by atoms with Crippen molar-refractivity contribution in [2.75, 3.05) is 19.6 Å². The lowest BCUT2D eigenvalue weighted by Gasteiger charge is -2.51. The van der Waals surface area contributed by atoms with E-state index in [4.69, 9.17) is 4.74 Å². The first kappa shape index (κ1) is 23.1. The first-order chi connectivity index (χ1) is 14.9. The van der Waals surface area contributed by atoms with Gasteiger partial charge in [-0.2, -0.15) is 0 Å². The molecular formula is C24H35N3O4. The van der Waals surface area contributed by atoms with E-state index in [1.807, 2.05) is 35.2 Å². The second-order valence-electron chi connectivity index (χ2n) is 9.06. The maximum absolute atomic E-state index is 13.3. The lowest BCUT2D eigenvalue weighted by atomic mass is 9.81. The molecule has 0 unspecified atom stereocenters. The number of piperidine rings is 1. The Morgan fingerprint density at radius 2 is 1.87 bits per heavy atom. The topological polar surface area (TPSA) is 79.0 Å². The van der Waals surface area contributed by atoms with Crippen LogP contribution in [0, 0.1) is 5.92 Å². The van der Waals surface area contributed by atoms with Gasteiger partial charge in [-0.15, -0.1) is 0 Å². The average Bonchev–Trinajstić information content (AvgIpc) is 2.77. The first-order valence-corrected chi connectivity index (χ1v) is 11.5.